The number of rotatable bonds is 7. The first-order chi connectivity index (χ1) is 10.4. The van der Waals surface area contributed by atoms with E-state index in [4.69, 9.17) is 0 Å². The first-order valence-corrected chi connectivity index (χ1v) is 9.23. The lowest BCUT2D eigenvalue weighted by atomic mass is 10.3. The maximum absolute atomic E-state index is 11.6. The molecule has 0 atom stereocenters. The second-order valence-electron chi connectivity index (χ2n) is 4.89. The minimum atomic E-state index is -0.261. The van der Waals surface area contributed by atoms with Gasteiger partial charge < -0.3 is 0 Å². The van der Waals surface area contributed by atoms with E-state index in [9.17, 15) is 19.2 Å². The highest BCUT2D eigenvalue weighted by molar-refractivity contribution is 8.76. The molecule has 0 bridgehead atoms. The zero-order chi connectivity index (χ0) is 16.3. The Morgan fingerprint density at radius 2 is 1.14 bits per heavy atom. The van der Waals surface area contributed by atoms with Gasteiger partial charge in [-0.2, -0.15) is 0 Å². The molecule has 0 aliphatic carbocycles. The molecule has 8 heteroatoms. The third-order valence-electron chi connectivity index (χ3n) is 3.26. The summed E-state index contributed by atoms with van der Waals surface area (Å²) in [5.41, 5.74) is 0.938. The molecule has 0 unspecified atom stereocenters. The number of hydrogen-bond donors (Lipinski definition) is 0. The molecule has 4 amide bonds. The standard InChI is InChI=1S/C14H16N2O4S2/c1-9-7-11(17)15(13(9)19)3-5-21-22-6-4-16-12(18)8-10(2)14(16)20/h7-8H,3-6H2,1-2H3. The summed E-state index contributed by atoms with van der Waals surface area (Å²) in [4.78, 5) is 48.8. The van der Waals surface area contributed by atoms with Gasteiger partial charge in [0.1, 0.15) is 0 Å². The molecule has 0 saturated carbocycles. The second kappa shape index (κ2) is 7.15. The van der Waals surface area contributed by atoms with Crippen LogP contribution in [0.2, 0.25) is 0 Å². The highest BCUT2D eigenvalue weighted by Crippen LogP contribution is 2.23. The first kappa shape index (κ1) is 16.8. The first-order valence-electron chi connectivity index (χ1n) is 6.74. The Morgan fingerprint density at radius 1 is 0.773 bits per heavy atom. The molecule has 0 saturated heterocycles. The molecule has 2 rings (SSSR count). The zero-order valence-corrected chi connectivity index (χ0v) is 14.0. The number of carbonyl (C=O) groups is 4. The van der Waals surface area contributed by atoms with Gasteiger partial charge in [-0.15, -0.1) is 0 Å². The fourth-order valence-electron chi connectivity index (χ4n) is 2.07. The number of amides is 4. The second-order valence-corrected chi connectivity index (χ2v) is 7.59. The van der Waals surface area contributed by atoms with Crippen LogP contribution in [-0.4, -0.2) is 58.0 Å². The maximum Gasteiger partial charge on any atom is 0.256 e. The van der Waals surface area contributed by atoms with Gasteiger partial charge in [0.15, 0.2) is 0 Å². The van der Waals surface area contributed by atoms with Gasteiger partial charge in [0, 0.05) is 47.9 Å². The fraction of sp³-hybridized carbons (Fsp3) is 0.429. The van der Waals surface area contributed by atoms with Crippen molar-refractivity contribution >= 4 is 45.2 Å². The van der Waals surface area contributed by atoms with E-state index in [1.807, 2.05) is 0 Å². The van der Waals surface area contributed by atoms with Crippen molar-refractivity contribution in [1.82, 2.24) is 9.80 Å². The molecule has 2 heterocycles. The van der Waals surface area contributed by atoms with E-state index in [1.54, 1.807) is 13.8 Å². The fourth-order valence-corrected chi connectivity index (χ4v) is 3.98. The predicted molar refractivity (Wildman–Crippen MR) is 85.9 cm³/mol. The van der Waals surface area contributed by atoms with Gasteiger partial charge in [-0.1, -0.05) is 21.6 Å². The molecular weight excluding hydrogens is 324 g/mol. The van der Waals surface area contributed by atoms with E-state index in [-0.39, 0.29) is 23.6 Å². The van der Waals surface area contributed by atoms with E-state index in [2.05, 4.69) is 0 Å². The van der Waals surface area contributed by atoms with Crippen LogP contribution in [-0.2, 0) is 19.2 Å². The van der Waals surface area contributed by atoms with Crippen molar-refractivity contribution in [2.75, 3.05) is 24.6 Å². The summed E-state index contributed by atoms with van der Waals surface area (Å²) in [6.07, 6.45) is 2.69. The number of imide groups is 2. The molecule has 0 fully saturated rings. The van der Waals surface area contributed by atoms with Crippen LogP contribution in [0.25, 0.3) is 0 Å². The van der Waals surface area contributed by atoms with E-state index in [1.165, 1.54) is 43.5 Å². The molecule has 0 spiro atoms. The van der Waals surface area contributed by atoms with Gasteiger partial charge in [0.05, 0.1) is 0 Å². The highest BCUT2D eigenvalue weighted by atomic mass is 33.1. The van der Waals surface area contributed by atoms with E-state index in [0.717, 1.165) is 0 Å². The topological polar surface area (TPSA) is 74.8 Å². The van der Waals surface area contributed by atoms with Gasteiger partial charge in [-0.05, 0) is 13.8 Å². The smallest absolute Gasteiger partial charge is 0.256 e. The number of hydrogen-bond acceptors (Lipinski definition) is 6. The average molecular weight is 340 g/mol. The van der Waals surface area contributed by atoms with Crippen LogP contribution in [0, 0.1) is 0 Å². The third-order valence-corrected chi connectivity index (χ3v) is 5.62. The summed E-state index contributed by atoms with van der Waals surface area (Å²) in [5.74, 6) is 0.242. The third kappa shape index (κ3) is 3.61. The molecule has 2 aliphatic rings. The molecule has 118 valence electrons. The summed E-state index contributed by atoms with van der Waals surface area (Å²) in [7, 11) is 3.03. The van der Waals surface area contributed by atoms with Crippen molar-refractivity contribution in [2.24, 2.45) is 0 Å². The van der Waals surface area contributed by atoms with Crippen molar-refractivity contribution in [1.29, 1.82) is 0 Å². The SMILES string of the molecule is CC1=CC(=O)N(CCSSCCN2C(=O)C=C(C)C2=O)C1=O. The van der Waals surface area contributed by atoms with E-state index >= 15 is 0 Å². The molecule has 0 aromatic heterocycles. The Morgan fingerprint density at radius 3 is 1.41 bits per heavy atom. The van der Waals surface area contributed by atoms with Gasteiger partial charge in [0.25, 0.3) is 23.6 Å². The van der Waals surface area contributed by atoms with Gasteiger partial charge in [-0.25, -0.2) is 0 Å². The maximum atomic E-state index is 11.6. The van der Waals surface area contributed by atoms with Crippen LogP contribution in [0.5, 0.6) is 0 Å². The summed E-state index contributed by atoms with van der Waals surface area (Å²) >= 11 is 0. The average Bonchev–Trinajstić information content (AvgIpc) is 2.84. The molecule has 2 aliphatic heterocycles. The monoisotopic (exact) mass is 340 g/mol. The van der Waals surface area contributed by atoms with E-state index in [0.29, 0.717) is 35.7 Å². The Balaban J connectivity index is 1.61. The number of nitrogens with zero attached hydrogens (tertiary/aromatic N) is 2. The largest absolute Gasteiger partial charge is 0.274 e. The molecule has 0 radical (unpaired) electrons. The Kier molecular flexibility index (Phi) is 5.47. The van der Waals surface area contributed by atoms with Crippen LogP contribution in [0.3, 0.4) is 0 Å². The molecule has 0 aromatic carbocycles. The Bertz CT molecular complexity index is 546. The highest BCUT2D eigenvalue weighted by Gasteiger charge is 2.28. The molecular formula is C14H16N2O4S2. The minimum Gasteiger partial charge on any atom is -0.274 e. The summed E-state index contributed by atoms with van der Waals surface area (Å²) in [6, 6.07) is 0. The Labute approximate surface area is 136 Å². The lowest BCUT2D eigenvalue weighted by Crippen LogP contribution is -2.33. The minimum absolute atomic E-state index is 0.231. The summed E-state index contributed by atoms with van der Waals surface area (Å²) < 4.78 is 0. The van der Waals surface area contributed by atoms with Crippen molar-refractivity contribution in [2.45, 2.75) is 13.8 Å². The molecule has 0 aromatic rings. The van der Waals surface area contributed by atoms with Gasteiger partial charge >= 0.3 is 0 Å². The quantitative estimate of drug-likeness (QED) is 0.391. The lowest BCUT2D eigenvalue weighted by molar-refractivity contribution is -0.138. The van der Waals surface area contributed by atoms with Crippen molar-refractivity contribution in [3.8, 4) is 0 Å². The van der Waals surface area contributed by atoms with E-state index < -0.39 is 0 Å². The normalized spacial score (nSPS) is 18.5. The van der Waals surface area contributed by atoms with Crippen LogP contribution in [0.1, 0.15) is 13.8 Å². The lowest BCUT2D eigenvalue weighted by Gasteiger charge is -2.15. The van der Waals surface area contributed by atoms with Crippen molar-refractivity contribution in [3.05, 3.63) is 23.3 Å². The predicted octanol–water partition coefficient (Wildman–Crippen LogP) is 0.998. The summed E-state index contributed by atoms with van der Waals surface area (Å²) in [5, 5.41) is 0. The zero-order valence-electron chi connectivity index (χ0n) is 12.3. The molecule has 6 nitrogen and oxygen atoms in total. The van der Waals surface area contributed by atoms with Crippen molar-refractivity contribution in [3.63, 3.8) is 0 Å². The van der Waals surface area contributed by atoms with Crippen LogP contribution in [0.4, 0.5) is 0 Å². The molecule has 0 N–H and O–H groups in total. The molecule has 22 heavy (non-hydrogen) atoms. The van der Waals surface area contributed by atoms with Crippen LogP contribution in [0.15, 0.2) is 23.3 Å². The van der Waals surface area contributed by atoms with Gasteiger partial charge in [0.2, 0.25) is 0 Å². The van der Waals surface area contributed by atoms with Gasteiger partial charge in [-0.3, -0.25) is 29.0 Å². The van der Waals surface area contributed by atoms with Crippen LogP contribution >= 0.6 is 21.6 Å². The van der Waals surface area contributed by atoms with Crippen LogP contribution < -0.4 is 0 Å². The Hall–Kier alpha value is -1.54. The summed E-state index contributed by atoms with van der Waals surface area (Å²) in [6.45, 7) is 3.99. The van der Waals surface area contributed by atoms with Crippen molar-refractivity contribution < 1.29 is 19.2 Å². The number of carbonyl (C=O) groups excluding carboxylic acids is 4.